The highest BCUT2D eigenvalue weighted by Gasteiger charge is 2.18. The average molecular weight is 240 g/mol. The molecule has 1 atom stereocenters. The minimum absolute atomic E-state index is 0.425. The first-order valence-corrected chi connectivity index (χ1v) is 6.09. The van der Waals surface area contributed by atoms with Gasteiger partial charge in [-0.05, 0) is 24.0 Å². The van der Waals surface area contributed by atoms with Gasteiger partial charge in [-0.25, -0.2) is 0 Å². The van der Waals surface area contributed by atoms with Crippen molar-refractivity contribution in [1.29, 1.82) is 0 Å². The molecule has 92 valence electrons. The highest BCUT2D eigenvalue weighted by atomic mass is 16.4. The van der Waals surface area contributed by atoms with Crippen molar-refractivity contribution in [1.82, 2.24) is 0 Å². The minimum Gasteiger partial charge on any atom is -0.481 e. The van der Waals surface area contributed by atoms with Crippen molar-refractivity contribution >= 4 is 5.97 Å². The van der Waals surface area contributed by atoms with Crippen molar-refractivity contribution in [3.8, 4) is 0 Å². The Kier molecular flexibility index (Phi) is 4.13. The third-order valence-electron chi connectivity index (χ3n) is 3.06. The summed E-state index contributed by atoms with van der Waals surface area (Å²) in [5.74, 6) is -1.18. The number of aryl methyl sites for hydroxylation is 1. The number of aliphatic carboxylic acids is 1. The van der Waals surface area contributed by atoms with Crippen LogP contribution in [0, 0.1) is 0 Å². The summed E-state index contributed by atoms with van der Waals surface area (Å²) in [5.41, 5.74) is 2.06. The van der Waals surface area contributed by atoms with Crippen LogP contribution >= 0.6 is 0 Å². The second-order valence-corrected chi connectivity index (χ2v) is 4.33. The predicted octanol–water partition coefficient (Wildman–Crippen LogP) is 3.49. The molecule has 2 heteroatoms. The lowest BCUT2D eigenvalue weighted by Gasteiger charge is -2.12. The van der Waals surface area contributed by atoms with E-state index in [1.165, 1.54) is 5.56 Å². The van der Waals surface area contributed by atoms with Crippen LogP contribution in [0.1, 0.15) is 23.5 Å². The van der Waals surface area contributed by atoms with Gasteiger partial charge in [0.25, 0.3) is 0 Å². The monoisotopic (exact) mass is 240 g/mol. The van der Waals surface area contributed by atoms with E-state index < -0.39 is 11.9 Å². The Morgan fingerprint density at radius 1 is 0.944 bits per heavy atom. The van der Waals surface area contributed by atoms with Gasteiger partial charge in [0, 0.05) is 0 Å². The molecule has 0 aromatic heterocycles. The van der Waals surface area contributed by atoms with Gasteiger partial charge < -0.3 is 5.11 Å². The molecular formula is C16H16O2. The molecule has 0 unspecified atom stereocenters. The fourth-order valence-electron chi connectivity index (χ4n) is 2.07. The Morgan fingerprint density at radius 2 is 1.50 bits per heavy atom. The highest BCUT2D eigenvalue weighted by molar-refractivity contribution is 5.76. The molecule has 18 heavy (non-hydrogen) atoms. The summed E-state index contributed by atoms with van der Waals surface area (Å²) < 4.78 is 0. The van der Waals surface area contributed by atoms with Crippen LogP contribution in [0.15, 0.2) is 60.7 Å². The van der Waals surface area contributed by atoms with Gasteiger partial charge in [0.15, 0.2) is 0 Å². The molecule has 2 rings (SSSR count). The van der Waals surface area contributed by atoms with Gasteiger partial charge >= 0.3 is 5.97 Å². The van der Waals surface area contributed by atoms with E-state index >= 15 is 0 Å². The number of hydrogen-bond donors (Lipinski definition) is 1. The summed E-state index contributed by atoms with van der Waals surface area (Å²) >= 11 is 0. The highest BCUT2D eigenvalue weighted by Crippen LogP contribution is 2.21. The van der Waals surface area contributed by atoms with Crippen LogP contribution in [0.4, 0.5) is 0 Å². The minimum atomic E-state index is -0.753. The van der Waals surface area contributed by atoms with Crippen molar-refractivity contribution in [2.45, 2.75) is 18.8 Å². The molecule has 0 aliphatic heterocycles. The molecule has 2 aromatic carbocycles. The van der Waals surface area contributed by atoms with Crippen molar-refractivity contribution in [2.24, 2.45) is 0 Å². The number of carboxylic acid groups (broad SMARTS) is 1. The van der Waals surface area contributed by atoms with E-state index in [2.05, 4.69) is 0 Å². The zero-order valence-electron chi connectivity index (χ0n) is 10.1. The Hall–Kier alpha value is -2.09. The van der Waals surface area contributed by atoms with Crippen LogP contribution in [-0.2, 0) is 11.2 Å². The van der Waals surface area contributed by atoms with Crippen molar-refractivity contribution in [2.75, 3.05) is 0 Å². The summed E-state index contributed by atoms with van der Waals surface area (Å²) in [7, 11) is 0. The summed E-state index contributed by atoms with van der Waals surface area (Å²) in [6, 6.07) is 19.4. The van der Waals surface area contributed by atoms with Crippen molar-refractivity contribution in [3.05, 3.63) is 71.8 Å². The zero-order valence-corrected chi connectivity index (χ0v) is 10.1. The van der Waals surface area contributed by atoms with E-state index in [9.17, 15) is 9.90 Å². The normalized spacial score (nSPS) is 12.0. The van der Waals surface area contributed by atoms with Gasteiger partial charge in [-0.2, -0.15) is 0 Å². The lowest BCUT2D eigenvalue weighted by Crippen LogP contribution is -2.12. The molecule has 0 saturated carbocycles. The van der Waals surface area contributed by atoms with E-state index in [-0.39, 0.29) is 0 Å². The molecular weight excluding hydrogens is 224 g/mol. The van der Waals surface area contributed by atoms with E-state index in [4.69, 9.17) is 0 Å². The van der Waals surface area contributed by atoms with Crippen molar-refractivity contribution < 1.29 is 9.90 Å². The second kappa shape index (κ2) is 6.01. The molecule has 0 bridgehead atoms. The first-order chi connectivity index (χ1) is 8.77. The van der Waals surface area contributed by atoms with Crippen LogP contribution in [0.5, 0.6) is 0 Å². The Bertz CT molecular complexity index is 491. The molecule has 0 radical (unpaired) electrons. The summed E-state index contributed by atoms with van der Waals surface area (Å²) in [6.45, 7) is 0. The lowest BCUT2D eigenvalue weighted by atomic mass is 9.92. The number of carbonyl (C=O) groups is 1. The molecule has 0 amide bonds. The third-order valence-corrected chi connectivity index (χ3v) is 3.06. The first-order valence-electron chi connectivity index (χ1n) is 6.09. The summed E-state index contributed by atoms with van der Waals surface area (Å²) in [6.07, 6.45) is 1.41. The van der Waals surface area contributed by atoms with E-state index in [1.807, 2.05) is 60.7 Å². The van der Waals surface area contributed by atoms with Gasteiger partial charge in [-0.3, -0.25) is 4.79 Å². The molecule has 1 N–H and O–H groups in total. The Labute approximate surface area is 107 Å². The maximum Gasteiger partial charge on any atom is 0.310 e. The fraction of sp³-hybridized carbons (Fsp3) is 0.188. The molecule has 0 spiro atoms. The maximum atomic E-state index is 11.3. The topological polar surface area (TPSA) is 37.3 Å². The largest absolute Gasteiger partial charge is 0.481 e. The average Bonchev–Trinajstić information content (AvgIpc) is 2.41. The maximum absolute atomic E-state index is 11.3. The molecule has 0 saturated heterocycles. The van der Waals surface area contributed by atoms with Gasteiger partial charge in [0.1, 0.15) is 0 Å². The van der Waals surface area contributed by atoms with E-state index in [0.717, 1.165) is 12.0 Å². The van der Waals surface area contributed by atoms with Gasteiger partial charge in [0.05, 0.1) is 5.92 Å². The molecule has 0 fully saturated rings. The van der Waals surface area contributed by atoms with E-state index in [0.29, 0.717) is 6.42 Å². The molecule has 2 nitrogen and oxygen atoms in total. The smallest absolute Gasteiger partial charge is 0.310 e. The van der Waals surface area contributed by atoms with E-state index in [1.54, 1.807) is 0 Å². The summed E-state index contributed by atoms with van der Waals surface area (Å²) in [5, 5.41) is 9.30. The Balaban J connectivity index is 2.06. The van der Waals surface area contributed by atoms with Crippen LogP contribution in [0.2, 0.25) is 0 Å². The SMILES string of the molecule is O=C(O)[C@H](CCc1ccccc1)c1ccccc1. The van der Waals surface area contributed by atoms with Gasteiger partial charge in [0.2, 0.25) is 0 Å². The molecule has 0 aliphatic carbocycles. The lowest BCUT2D eigenvalue weighted by molar-refractivity contribution is -0.138. The molecule has 2 aromatic rings. The predicted molar refractivity (Wildman–Crippen MR) is 71.6 cm³/mol. The second-order valence-electron chi connectivity index (χ2n) is 4.33. The van der Waals surface area contributed by atoms with Crippen LogP contribution in [-0.4, -0.2) is 11.1 Å². The Morgan fingerprint density at radius 3 is 2.06 bits per heavy atom. The number of hydrogen-bond acceptors (Lipinski definition) is 1. The van der Waals surface area contributed by atoms with Crippen LogP contribution in [0.3, 0.4) is 0 Å². The molecule has 0 aliphatic rings. The van der Waals surface area contributed by atoms with Crippen molar-refractivity contribution in [3.63, 3.8) is 0 Å². The fourth-order valence-corrected chi connectivity index (χ4v) is 2.07. The zero-order chi connectivity index (χ0) is 12.8. The number of benzene rings is 2. The molecule has 0 heterocycles. The first kappa shape index (κ1) is 12.4. The van der Waals surface area contributed by atoms with Gasteiger partial charge in [-0.1, -0.05) is 60.7 Å². The third kappa shape index (κ3) is 3.20. The van der Waals surface area contributed by atoms with Crippen LogP contribution in [0.25, 0.3) is 0 Å². The number of rotatable bonds is 5. The quantitative estimate of drug-likeness (QED) is 0.868. The standard InChI is InChI=1S/C16H16O2/c17-16(18)15(14-9-5-2-6-10-14)12-11-13-7-3-1-4-8-13/h1-10,15H,11-12H2,(H,17,18)/t15-/m1/s1. The van der Waals surface area contributed by atoms with Gasteiger partial charge in [-0.15, -0.1) is 0 Å². The van der Waals surface area contributed by atoms with Crippen LogP contribution < -0.4 is 0 Å². The number of carboxylic acids is 1. The summed E-state index contributed by atoms with van der Waals surface area (Å²) in [4.78, 5) is 11.3.